The summed E-state index contributed by atoms with van der Waals surface area (Å²) in [5, 5.41) is -3.59. The first-order valence-corrected chi connectivity index (χ1v) is 7.96. The summed E-state index contributed by atoms with van der Waals surface area (Å²) in [4.78, 5) is 24.1. The number of amides is 1. The Morgan fingerprint density at radius 1 is 1.30 bits per heavy atom. The summed E-state index contributed by atoms with van der Waals surface area (Å²) < 4.78 is 45.9. The smallest absolute Gasteiger partial charge is 0.318 e. The standard InChI is InChI=1S/C12H20FNO5S/c1-9(15)8-12(13,20(17,18)19)11(16)14(2)10-6-4-3-5-7-10/h10H,3-8H2,1-2H3,(H,17,18,19). The molecule has 0 aromatic carbocycles. The largest absolute Gasteiger partial charge is 0.339 e. The molecule has 1 N–H and O–H groups in total. The highest BCUT2D eigenvalue weighted by Gasteiger charge is 2.54. The lowest BCUT2D eigenvalue weighted by atomic mass is 9.94. The van der Waals surface area contributed by atoms with Crippen LogP contribution in [0.2, 0.25) is 0 Å². The average Bonchev–Trinajstić information content (AvgIpc) is 2.35. The maximum atomic E-state index is 14.5. The zero-order valence-electron chi connectivity index (χ0n) is 11.6. The van der Waals surface area contributed by atoms with E-state index in [-0.39, 0.29) is 6.04 Å². The SMILES string of the molecule is CC(=O)CC(F)(C(=O)N(C)C1CCCCC1)S(=O)(=O)O. The number of Topliss-reactive ketones (excluding diaryl/α,β-unsaturated/α-hetero) is 1. The van der Waals surface area contributed by atoms with Crippen LogP contribution in [-0.4, -0.2) is 47.7 Å². The van der Waals surface area contributed by atoms with Gasteiger partial charge in [0.2, 0.25) is 0 Å². The Morgan fingerprint density at radius 3 is 2.20 bits per heavy atom. The molecule has 1 aliphatic carbocycles. The molecule has 1 aliphatic rings. The lowest BCUT2D eigenvalue weighted by Crippen LogP contribution is -2.53. The van der Waals surface area contributed by atoms with Crippen LogP contribution in [-0.2, 0) is 19.7 Å². The molecule has 8 heteroatoms. The molecule has 0 spiro atoms. The van der Waals surface area contributed by atoms with E-state index < -0.39 is 33.2 Å². The molecule has 0 bridgehead atoms. The van der Waals surface area contributed by atoms with E-state index in [1.807, 2.05) is 0 Å². The number of ketones is 1. The number of rotatable bonds is 5. The fourth-order valence-corrected chi connectivity index (χ4v) is 3.25. The maximum absolute atomic E-state index is 14.5. The first-order chi connectivity index (χ1) is 9.09. The van der Waals surface area contributed by atoms with E-state index in [4.69, 9.17) is 4.55 Å². The maximum Gasteiger partial charge on any atom is 0.318 e. The summed E-state index contributed by atoms with van der Waals surface area (Å²) in [6.45, 7) is 0.966. The average molecular weight is 309 g/mol. The zero-order valence-corrected chi connectivity index (χ0v) is 12.5. The van der Waals surface area contributed by atoms with Gasteiger partial charge in [-0.25, -0.2) is 4.39 Å². The van der Waals surface area contributed by atoms with E-state index in [2.05, 4.69) is 0 Å². The Kier molecular flexibility index (Phi) is 5.26. The predicted octanol–water partition coefficient (Wildman–Crippen LogP) is 1.31. The summed E-state index contributed by atoms with van der Waals surface area (Å²) in [6, 6.07) is -0.264. The third-order valence-electron chi connectivity index (χ3n) is 3.65. The highest BCUT2D eigenvalue weighted by atomic mass is 32.2. The zero-order chi connectivity index (χ0) is 15.6. The number of halogens is 1. The van der Waals surface area contributed by atoms with E-state index in [1.54, 1.807) is 0 Å². The van der Waals surface area contributed by atoms with Gasteiger partial charge in [0.05, 0.1) is 6.42 Å². The molecule has 1 unspecified atom stereocenters. The van der Waals surface area contributed by atoms with Crippen LogP contribution >= 0.6 is 0 Å². The van der Waals surface area contributed by atoms with Crippen molar-refractivity contribution in [3.05, 3.63) is 0 Å². The molecule has 0 saturated heterocycles. The van der Waals surface area contributed by atoms with Gasteiger partial charge in [0, 0.05) is 13.1 Å². The second kappa shape index (κ2) is 6.17. The number of nitrogens with zero attached hydrogens (tertiary/aromatic N) is 1. The number of carbonyl (C=O) groups excluding carboxylic acids is 2. The third-order valence-corrected chi connectivity index (χ3v) is 4.78. The molecule has 1 rings (SSSR count). The van der Waals surface area contributed by atoms with Crippen molar-refractivity contribution >= 4 is 21.8 Å². The normalized spacial score (nSPS) is 20.2. The molecule has 1 saturated carbocycles. The molecule has 20 heavy (non-hydrogen) atoms. The lowest BCUT2D eigenvalue weighted by Gasteiger charge is -2.34. The summed E-state index contributed by atoms with van der Waals surface area (Å²) in [6.07, 6.45) is 2.90. The van der Waals surface area contributed by atoms with E-state index in [0.717, 1.165) is 31.1 Å². The summed E-state index contributed by atoms with van der Waals surface area (Å²) in [5.74, 6) is -2.20. The lowest BCUT2D eigenvalue weighted by molar-refractivity contribution is -0.142. The van der Waals surface area contributed by atoms with E-state index in [0.29, 0.717) is 12.8 Å². The summed E-state index contributed by atoms with van der Waals surface area (Å²) in [7, 11) is -4.02. The molecule has 1 amide bonds. The Balaban J connectivity index is 3.01. The third kappa shape index (κ3) is 3.54. The molecular formula is C12H20FNO5S. The minimum Gasteiger partial charge on any atom is -0.339 e. The minimum atomic E-state index is -5.32. The quantitative estimate of drug-likeness (QED) is 0.773. The summed E-state index contributed by atoms with van der Waals surface area (Å²) in [5.41, 5.74) is 0. The van der Waals surface area contributed by atoms with Crippen LogP contribution < -0.4 is 0 Å². The van der Waals surface area contributed by atoms with Gasteiger partial charge in [-0.3, -0.25) is 14.1 Å². The van der Waals surface area contributed by atoms with Gasteiger partial charge in [-0.05, 0) is 19.8 Å². The molecule has 1 fully saturated rings. The second-order valence-corrected chi connectivity index (χ2v) is 6.89. The number of hydrogen-bond acceptors (Lipinski definition) is 4. The van der Waals surface area contributed by atoms with Crippen LogP contribution in [0.1, 0.15) is 45.4 Å². The van der Waals surface area contributed by atoms with Crippen molar-refractivity contribution in [2.24, 2.45) is 0 Å². The molecule has 0 aliphatic heterocycles. The Labute approximate surface area is 118 Å². The van der Waals surface area contributed by atoms with Crippen LogP contribution in [0.25, 0.3) is 0 Å². The van der Waals surface area contributed by atoms with E-state index >= 15 is 0 Å². The molecule has 6 nitrogen and oxygen atoms in total. The van der Waals surface area contributed by atoms with Crippen LogP contribution in [0.3, 0.4) is 0 Å². The second-order valence-electron chi connectivity index (χ2n) is 5.29. The summed E-state index contributed by atoms with van der Waals surface area (Å²) >= 11 is 0. The first kappa shape index (κ1) is 17.0. The van der Waals surface area contributed by atoms with Gasteiger partial charge in [0.1, 0.15) is 5.78 Å². The van der Waals surface area contributed by atoms with Gasteiger partial charge in [0.15, 0.2) is 0 Å². The highest BCUT2D eigenvalue weighted by molar-refractivity contribution is 7.88. The molecular weight excluding hydrogens is 289 g/mol. The van der Waals surface area contributed by atoms with Crippen molar-refractivity contribution in [2.75, 3.05) is 7.05 Å². The van der Waals surface area contributed by atoms with Crippen LogP contribution in [0.15, 0.2) is 0 Å². The van der Waals surface area contributed by atoms with Crippen molar-refractivity contribution in [3.63, 3.8) is 0 Å². The fraction of sp³-hybridized carbons (Fsp3) is 0.833. The van der Waals surface area contributed by atoms with Gasteiger partial charge in [-0.15, -0.1) is 0 Å². The van der Waals surface area contributed by atoms with Crippen molar-refractivity contribution < 1.29 is 27.0 Å². The molecule has 0 aromatic heterocycles. The van der Waals surface area contributed by atoms with E-state index in [9.17, 15) is 22.4 Å². The number of alkyl halides is 1. The minimum absolute atomic E-state index is 0.264. The van der Waals surface area contributed by atoms with Crippen molar-refractivity contribution in [3.8, 4) is 0 Å². The van der Waals surface area contributed by atoms with Crippen LogP contribution in [0.4, 0.5) is 4.39 Å². The molecule has 0 heterocycles. The van der Waals surface area contributed by atoms with Gasteiger partial charge in [0.25, 0.3) is 5.91 Å². The topological polar surface area (TPSA) is 91.8 Å². The monoisotopic (exact) mass is 309 g/mol. The van der Waals surface area contributed by atoms with Crippen molar-refractivity contribution in [1.82, 2.24) is 4.90 Å². The Morgan fingerprint density at radius 2 is 1.80 bits per heavy atom. The number of hydrogen-bond donors (Lipinski definition) is 1. The highest BCUT2D eigenvalue weighted by Crippen LogP contribution is 2.30. The first-order valence-electron chi connectivity index (χ1n) is 6.52. The Bertz CT molecular complexity index is 486. The number of carbonyl (C=O) groups is 2. The predicted molar refractivity (Wildman–Crippen MR) is 70.3 cm³/mol. The molecule has 0 radical (unpaired) electrons. The van der Waals surface area contributed by atoms with Crippen LogP contribution in [0.5, 0.6) is 0 Å². The van der Waals surface area contributed by atoms with Gasteiger partial charge in [-0.1, -0.05) is 19.3 Å². The molecule has 116 valence electrons. The van der Waals surface area contributed by atoms with Crippen molar-refractivity contribution in [2.45, 2.75) is 56.5 Å². The Hall–Kier alpha value is -1.02. The van der Waals surface area contributed by atoms with Crippen LogP contribution in [0, 0.1) is 0 Å². The van der Waals surface area contributed by atoms with Gasteiger partial charge in [-0.2, -0.15) is 8.42 Å². The van der Waals surface area contributed by atoms with E-state index in [1.165, 1.54) is 7.05 Å². The molecule has 1 atom stereocenters. The molecule has 0 aromatic rings. The van der Waals surface area contributed by atoms with Crippen molar-refractivity contribution in [1.29, 1.82) is 0 Å². The van der Waals surface area contributed by atoms with Gasteiger partial charge < -0.3 is 4.90 Å². The fourth-order valence-electron chi connectivity index (χ4n) is 2.49. The van der Waals surface area contributed by atoms with Gasteiger partial charge >= 0.3 is 15.1 Å².